The van der Waals surface area contributed by atoms with Crippen LogP contribution in [0.5, 0.6) is 0 Å². The van der Waals surface area contributed by atoms with E-state index in [0.717, 1.165) is 43.7 Å². The quantitative estimate of drug-likeness (QED) is 0.781. The highest BCUT2D eigenvalue weighted by molar-refractivity contribution is 5.89. The molecule has 2 rings (SSSR count). The summed E-state index contributed by atoms with van der Waals surface area (Å²) in [6.07, 6.45) is 2.75. The topological polar surface area (TPSA) is 59.1 Å². The molecule has 126 valence electrons. The Kier molecular flexibility index (Phi) is 5.67. The Balaban J connectivity index is 1.84. The minimum absolute atomic E-state index is 0.299. The van der Waals surface area contributed by atoms with Crippen LogP contribution in [0.4, 0.5) is 9.59 Å². The highest BCUT2D eigenvalue weighted by Gasteiger charge is 2.49. The van der Waals surface area contributed by atoms with Crippen molar-refractivity contribution in [1.29, 1.82) is 0 Å². The lowest BCUT2D eigenvalue weighted by molar-refractivity contribution is 0.0101. The third-order valence-electron chi connectivity index (χ3n) is 4.77. The highest BCUT2D eigenvalue weighted by Crippen LogP contribution is 2.39. The molecule has 2 amide bonds. The molecule has 22 heavy (non-hydrogen) atoms. The summed E-state index contributed by atoms with van der Waals surface area (Å²) in [6, 6.07) is 0. The second-order valence-electron chi connectivity index (χ2n) is 6.48. The summed E-state index contributed by atoms with van der Waals surface area (Å²) >= 11 is 0. The van der Waals surface area contributed by atoms with E-state index in [1.807, 2.05) is 0 Å². The average molecular weight is 312 g/mol. The minimum atomic E-state index is -0.577. The maximum atomic E-state index is 12.1. The van der Waals surface area contributed by atoms with Crippen molar-refractivity contribution in [2.24, 2.45) is 5.92 Å². The van der Waals surface area contributed by atoms with Crippen LogP contribution in [0.25, 0.3) is 0 Å². The van der Waals surface area contributed by atoms with E-state index in [9.17, 15) is 9.59 Å². The van der Waals surface area contributed by atoms with Gasteiger partial charge in [-0.15, -0.1) is 0 Å². The van der Waals surface area contributed by atoms with Crippen molar-refractivity contribution < 1.29 is 19.1 Å². The second kappa shape index (κ2) is 7.31. The van der Waals surface area contributed by atoms with Gasteiger partial charge in [-0.05, 0) is 38.3 Å². The van der Waals surface area contributed by atoms with Gasteiger partial charge in [-0.1, -0.05) is 27.2 Å². The molecule has 6 nitrogen and oxygen atoms in total. The van der Waals surface area contributed by atoms with Gasteiger partial charge < -0.3 is 14.4 Å². The minimum Gasteiger partial charge on any atom is -0.448 e. The molecule has 1 aliphatic carbocycles. The Labute approximate surface area is 132 Å². The molecule has 1 saturated heterocycles. The van der Waals surface area contributed by atoms with Crippen LogP contribution in [0.1, 0.15) is 46.5 Å². The monoisotopic (exact) mass is 312 g/mol. The van der Waals surface area contributed by atoms with Crippen molar-refractivity contribution in [2.45, 2.75) is 52.1 Å². The van der Waals surface area contributed by atoms with Gasteiger partial charge in [-0.3, -0.25) is 0 Å². The predicted octanol–water partition coefficient (Wildman–Crippen LogP) is 2.87. The van der Waals surface area contributed by atoms with Gasteiger partial charge in [-0.25, -0.2) is 14.5 Å². The van der Waals surface area contributed by atoms with E-state index in [2.05, 4.69) is 25.7 Å². The Morgan fingerprint density at radius 1 is 1.45 bits per heavy atom. The first-order chi connectivity index (χ1) is 10.5. The lowest BCUT2D eigenvalue weighted by Crippen LogP contribution is -2.41. The van der Waals surface area contributed by atoms with Gasteiger partial charge in [-0.2, -0.15) is 0 Å². The van der Waals surface area contributed by atoms with Gasteiger partial charge in [0.15, 0.2) is 0 Å². The predicted molar refractivity (Wildman–Crippen MR) is 82.7 cm³/mol. The fourth-order valence-electron chi connectivity index (χ4n) is 3.49. The first kappa shape index (κ1) is 17.1. The summed E-state index contributed by atoms with van der Waals surface area (Å²) < 4.78 is 10.8. The van der Waals surface area contributed by atoms with E-state index >= 15 is 0 Å². The maximum absolute atomic E-state index is 12.1. The number of rotatable bonds is 5. The van der Waals surface area contributed by atoms with Gasteiger partial charge in [0.25, 0.3) is 0 Å². The molecule has 1 saturated carbocycles. The van der Waals surface area contributed by atoms with Crippen LogP contribution in [-0.2, 0) is 9.47 Å². The Morgan fingerprint density at radius 3 is 2.82 bits per heavy atom. The van der Waals surface area contributed by atoms with Crippen molar-refractivity contribution in [2.75, 3.05) is 32.8 Å². The third kappa shape index (κ3) is 3.91. The van der Waals surface area contributed by atoms with E-state index in [4.69, 9.17) is 9.47 Å². The number of hydrogen-bond donors (Lipinski definition) is 0. The molecule has 1 aliphatic heterocycles. The number of imide groups is 1. The summed E-state index contributed by atoms with van der Waals surface area (Å²) in [4.78, 5) is 27.4. The SMILES string of the molecule is CCN(CC)CCOC(=O)N1CC2(CCCC(C)C2)OC1=O. The van der Waals surface area contributed by atoms with E-state index in [1.165, 1.54) is 0 Å². The Morgan fingerprint density at radius 2 is 2.18 bits per heavy atom. The van der Waals surface area contributed by atoms with Crippen molar-refractivity contribution in [3.63, 3.8) is 0 Å². The zero-order chi connectivity index (χ0) is 16.2. The molecule has 2 atom stereocenters. The van der Waals surface area contributed by atoms with Gasteiger partial charge in [0.1, 0.15) is 12.2 Å². The molecule has 0 bridgehead atoms. The van der Waals surface area contributed by atoms with E-state index < -0.39 is 17.8 Å². The fourth-order valence-corrected chi connectivity index (χ4v) is 3.49. The molecule has 1 heterocycles. The molecule has 0 aromatic heterocycles. The summed E-state index contributed by atoms with van der Waals surface area (Å²) in [5, 5.41) is 0. The first-order valence-electron chi connectivity index (χ1n) is 8.39. The highest BCUT2D eigenvalue weighted by atomic mass is 16.6. The Hall–Kier alpha value is -1.30. The van der Waals surface area contributed by atoms with Gasteiger partial charge in [0.2, 0.25) is 0 Å². The maximum Gasteiger partial charge on any atom is 0.420 e. The van der Waals surface area contributed by atoms with Crippen LogP contribution >= 0.6 is 0 Å². The molecular weight excluding hydrogens is 284 g/mol. The number of nitrogens with zero attached hydrogens (tertiary/aromatic N) is 2. The summed E-state index contributed by atoms with van der Waals surface area (Å²) in [6.45, 7) is 9.45. The summed E-state index contributed by atoms with van der Waals surface area (Å²) in [5.74, 6) is 0.528. The summed E-state index contributed by atoms with van der Waals surface area (Å²) in [5.41, 5.74) is -0.480. The van der Waals surface area contributed by atoms with Crippen molar-refractivity contribution in [3.05, 3.63) is 0 Å². The van der Waals surface area contributed by atoms with Crippen LogP contribution in [0.3, 0.4) is 0 Å². The van der Waals surface area contributed by atoms with Crippen LogP contribution in [0, 0.1) is 5.92 Å². The zero-order valence-electron chi connectivity index (χ0n) is 14.0. The molecule has 0 N–H and O–H groups in total. The number of amides is 2. The van der Waals surface area contributed by atoms with Crippen LogP contribution in [0.15, 0.2) is 0 Å². The molecule has 0 aromatic carbocycles. The van der Waals surface area contributed by atoms with E-state index in [1.54, 1.807) is 0 Å². The molecular formula is C16H28N2O4. The lowest BCUT2D eigenvalue weighted by Gasteiger charge is -2.34. The van der Waals surface area contributed by atoms with Crippen molar-refractivity contribution in [1.82, 2.24) is 9.80 Å². The number of hydrogen-bond acceptors (Lipinski definition) is 5. The lowest BCUT2D eigenvalue weighted by atomic mass is 9.79. The third-order valence-corrected chi connectivity index (χ3v) is 4.77. The zero-order valence-corrected chi connectivity index (χ0v) is 14.0. The smallest absolute Gasteiger partial charge is 0.420 e. The fraction of sp³-hybridized carbons (Fsp3) is 0.875. The number of carbonyl (C=O) groups is 2. The standard InChI is InChI=1S/C16H28N2O4/c1-4-17(5-2)9-10-21-14(19)18-12-16(22-15(18)20)8-6-7-13(3)11-16/h13H,4-12H2,1-3H3. The van der Waals surface area contributed by atoms with Crippen LogP contribution in [0.2, 0.25) is 0 Å². The Bertz CT molecular complexity index is 411. The van der Waals surface area contributed by atoms with Gasteiger partial charge >= 0.3 is 12.2 Å². The normalized spacial score (nSPS) is 28.3. The van der Waals surface area contributed by atoms with Gasteiger partial charge in [0, 0.05) is 6.54 Å². The molecule has 2 fully saturated rings. The number of ether oxygens (including phenoxy) is 2. The number of carbonyl (C=O) groups excluding carboxylic acids is 2. The molecule has 6 heteroatoms. The number of likely N-dealkylation sites (N-methyl/N-ethyl adjacent to an activating group) is 1. The average Bonchev–Trinajstić information content (AvgIpc) is 2.79. The van der Waals surface area contributed by atoms with Crippen LogP contribution < -0.4 is 0 Å². The summed E-state index contributed by atoms with van der Waals surface area (Å²) in [7, 11) is 0. The first-order valence-corrected chi connectivity index (χ1v) is 8.39. The molecule has 0 radical (unpaired) electrons. The van der Waals surface area contributed by atoms with Crippen molar-refractivity contribution in [3.8, 4) is 0 Å². The molecule has 2 unspecified atom stereocenters. The van der Waals surface area contributed by atoms with E-state index in [0.29, 0.717) is 25.6 Å². The van der Waals surface area contributed by atoms with E-state index in [-0.39, 0.29) is 0 Å². The largest absolute Gasteiger partial charge is 0.448 e. The second-order valence-corrected chi connectivity index (χ2v) is 6.48. The molecule has 0 aromatic rings. The van der Waals surface area contributed by atoms with Crippen LogP contribution in [-0.4, -0.2) is 60.4 Å². The molecule has 2 aliphatic rings. The van der Waals surface area contributed by atoms with Gasteiger partial charge in [0.05, 0.1) is 6.54 Å². The molecule has 1 spiro atoms. The van der Waals surface area contributed by atoms with Crippen molar-refractivity contribution >= 4 is 12.2 Å².